The van der Waals surface area contributed by atoms with Gasteiger partial charge in [0.2, 0.25) is 0 Å². The minimum atomic E-state index is 0.862. The van der Waals surface area contributed by atoms with E-state index in [1.807, 2.05) is 0 Å². The van der Waals surface area contributed by atoms with Crippen molar-refractivity contribution in [3.8, 4) is 0 Å². The van der Waals surface area contributed by atoms with Crippen LogP contribution in [0, 0.1) is 6.92 Å². The van der Waals surface area contributed by atoms with Crippen LogP contribution in [0.2, 0.25) is 0 Å². The number of allylic oxidation sites excluding steroid dienone is 3. The summed E-state index contributed by atoms with van der Waals surface area (Å²) >= 11 is 0. The van der Waals surface area contributed by atoms with Gasteiger partial charge >= 0.3 is 0 Å². The van der Waals surface area contributed by atoms with Crippen molar-refractivity contribution in [1.29, 1.82) is 0 Å². The van der Waals surface area contributed by atoms with E-state index in [-0.39, 0.29) is 0 Å². The summed E-state index contributed by atoms with van der Waals surface area (Å²) < 4.78 is 0. The van der Waals surface area contributed by atoms with Gasteiger partial charge in [0.15, 0.2) is 0 Å². The zero-order chi connectivity index (χ0) is 14.9. The summed E-state index contributed by atoms with van der Waals surface area (Å²) in [5.41, 5.74) is 3.72. The number of rotatable bonds is 6. The van der Waals surface area contributed by atoms with E-state index in [9.17, 15) is 0 Å². The third-order valence-electron chi connectivity index (χ3n) is 3.32. The number of nitrogens with zero attached hydrogens (tertiary/aromatic N) is 1. The minimum Gasteiger partial charge on any atom is -0.338 e. The summed E-state index contributed by atoms with van der Waals surface area (Å²) in [5, 5.41) is 0. The van der Waals surface area contributed by atoms with Gasteiger partial charge in [0.05, 0.1) is 0 Å². The van der Waals surface area contributed by atoms with Crippen LogP contribution in [0.25, 0.3) is 0 Å². The summed E-state index contributed by atoms with van der Waals surface area (Å²) in [6.45, 7) is 5.13. The molecule has 1 nitrogen and oxygen atoms in total. The molecule has 0 N–H and O–H groups in total. The summed E-state index contributed by atoms with van der Waals surface area (Å²) in [4.78, 5) is 2.32. The third-order valence-corrected chi connectivity index (χ3v) is 3.32. The standard InChI is InChI=1S/C20H23N/c1-3-4-5-6-10-17-21(19-11-8-7-9-12-19)20-15-13-18(2)14-16-20/h4-16H,3,17H2,1-2H3/b5-4-,10-6-. The second-order valence-corrected chi connectivity index (χ2v) is 5.05. The highest BCUT2D eigenvalue weighted by atomic mass is 15.1. The van der Waals surface area contributed by atoms with Gasteiger partial charge in [-0.1, -0.05) is 67.1 Å². The van der Waals surface area contributed by atoms with Gasteiger partial charge in [0.25, 0.3) is 0 Å². The molecule has 21 heavy (non-hydrogen) atoms. The molecule has 0 atom stereocenters. The number of hydrogen-bond donors (Lipinski definition) is 0. The molecule has 2 aromatic carbocycles. The maximum Gasteiger partial charge on any atom is 0.0415 e. The van der Waals surface area contributed by atoms with E-state index >= 15 is 0 Å². The van der Waals surface area contributed by atoms with Crippen molar-refractivity contribution in [2.24, 2.45) is 0 Å². The monoisotopic (exact) mass is 277 g/mol. The maximum atomic E-state index is 2.32. The molecule has 0 aliphatic carbocycles. The van der Waals surface area contributed by atoms with Gasteiger partial charge in [-0.25, -0.2) is 0 Å². The number of para-hydroxylation sites is 1. The molecule has 1 heteroatoms. The van der Waals surface area contributed by atoms with Crippen LogP contribution in [-0.4, -0.2) is 6.54 Å². The second-order valence-electron chi connectivity index (χ2n) is 5.05. The van der Waals surface area contributed by atoms with Crippen molar-refractivity contribution >= 4 is 11.4 Å². The fourth-order valence-corrected chi connectivity index (χ4v) is 2.15. The highest BCUT2D eigenvalue weighted by Gasteiger charge is 2.06. The van der Waals surface area contributed by atoms with Crippen LogP contribution in [0.4, 0.5) is 11.4 Å². The number of anilines is 2. The highest BCUT2D eigenvalue weighted by molar-refractivity contribution is 5.63. The Labute approximate surface area is 128 Å². The van der Waals surface area contributed by atoms with Gasteiger partial charge in [-0.2, -0.15) is 0 Å². The van der Waals surface area contributed by atoms with Crippen LogP contribution in [0.1, 0.15) is 18.9 Å². The zero-order valence-corrected chi connectivity index (χ0v) is 12.9. The molecule has 0 heterocycles. The molecule has 0 saturated heterocycles. The number of aryl methyl sites for hydroxylation is 1. The van der Waals surface area contributed by atoms with Crippen LogP contribution in [0.5, 0.6) is 0 Å². The molecular formula is C20H23N. The van der Waals surface area contributed by atoms with E-state index in [2.05, 4.69) is 97.6 Å². The quantitative estimate of drug-likeness (QED) is 0.616. The fourth-order valence-electron chi connectivity index (χ4n) is 2.15. The van der Waals surface area contributed by atoms with E-state index in [1.165, 1.54) is 16.9 Å². The summed E-state index contributed by atoms with van der Waals surface area (Å²) in [7, 11) is 0. The Morgan fingerprint density at radius 2 is 1.43 bits per heavy atom. The van der Waals surface area contributed by atoms with Crippen LogP contribution < -0.4 is 4.90 Å². The molecular weight excluding hydrogens is 254 g/mol. The molecule has 0 saturated carbocycles. The predicted molar refractivity (Wildman–Crippen MR) is 93.2 cm³/mol. The largest absolute Gasteiger partial charge is 0.338 e. The van der Waals surface area contributed by atoms with Crippen molar-refractivity contribution in [2.75, 3.05) is 11.4 Å². The van der Waals surface area contributed by atoms with Gasteiger partial charge < -0.3 is 4.90 Å². The first-order valence-corrected chi connectivity index (χ1v) is 7.52. The maximum absolute atomic E-state index is 2.32. The molecule has 0 aliphatic rings. The lowest BCUT2D eigenvalue weighted by molar-refractivity contribution is 1.09. The molecule has 0 amide bonds. The van der Waals surface area contributed by atoms with E-state index in [0.29, 0.717) is 0 Å². The number of benzene rings is 2. The number of hydrogen-bond acceptors (Lipinski definition) is 1. The van der Waals surface area contributed by atoms with Crippen molar-refractivity contribution in [3.63, 3.8) is 0 Å². The summed E-state index contributed by atoms with van der Waals surface area (Å²) in [6.07, 6.45) is 9.66. The van der Waals surface area contributed by atoms with Crippen molar-refractivity contribution < 1.29 is 0 Å². The molecule has 0 fully saturated rings. The van der Waals surface area contributed by atoms with Crippen molar-refractivity contribution in [1.82, 2.24) is 0 Å². The fraction of sp³-hybridized carbons (Fsp3) is 0.200. The Hall–Kier alpha value is -2.28. The Bertz CT molecular complexity index is 579. The van der Waals surface area contributed by atoms with E-state index in [4.69, 9.17) is 0 Å². The van der Waals surface area contributed by atoms with Crippen molar-refractivity contribution in [2.45, 2.75) is 20.3 Å². The second kappa shape index (κ2) is 8.11. The Kier molecular flexibility index (Phi) is 5.83. The predicted octanol–water partition coefficient (Wildman–Crippen LogP) is 5.66. The van der Waals surface area contributed by atoms with Crippen LogP contribution in [0.15, 0.2) is 78.9 Å². The topological polar surface area (TPSA) is 3.24 Å². The van der Waals surface area contributed by atoms with Gasteiger partial charge in [0, 0.05) is 17.9 Å². The molecule has 108 valence electrons. The molecule has 2 rings (SSSR count). The average Bonchev–Trinajstić information content (AvgIpc) is 2.53. The molecule has 0 unspecified atom stereocenters. The van der Waals surface area contributed by atoms with Crippen molar-refractivity contribution in [3.05, 3.63) is 84.5 Å². The highest BCUT2D eigenvalue weighted by Crippen LogP contribution is 2.25. The van der Waals surface area contributed by atoms with Gasteiger partial charge in [0.1, 0.15) is 0 Å². The Morgan fingerprint density at radius 1 is 0.810 bits per heavy atom. The lowest BCUT2D eigenvalue weighted by Crippen LogP contribution is -2.16. The lowest BCUT2D eigenvalue weighted by Gasteiger charge is -2.23. The lowest BCUT2D eigenvalue weighted by atomic mass is 10.2. The first-order valence-electron chi connectivity index (χ1n) is 7.52. The first kappa shape index (κ1) is 15.1. The van der Waals surface area contributed by atoms with Crippen LogP contribution in [0.3, 0.4) is 0 Å². The Balaban J connectivity index is 2.20. The van der Waals surface area contributed by atoms with Gasteiger partial charge in [-0.05, 0) is 37.6 Å². The van der Waals surface area contributed by atoms with E-state index in [0.717, 1.165) is 13.0 Å². The molecule has 0 bridgehead atoms. The molecule has 0 aromatic heterocycles. The average molecular weight is 277 g/mol. The smallest absolute Gasteiger partial charge is 0.0415 e. The third kappa shape index (κ3) is 4.64. The summed E-state index contributed by atoms with van der Waals surface area (Å²) in [6, 6.07) is 19.2. The molecule has 0 spiro atoms. The molecule has 0 radical (unpaired) electrons. The van der Waals surface area contributed by atoms with Crippen LogP contribution in [-0.2, 0) is 0 Å². The Morgan fingerprint density at radius 3 is 2.10 bits per heavy atom. The minimum absolute atomic E-state index is 0.862. The summed E-state index contributed by atoms with van der Waals surface area (Å²) in [5.74, 6) is 0. The molecule has 0 aliphatic heterocycles. The normalized spacial score (nSPS) is 11.3. The van der Waals surface area contributed by atoms with Crippen LogP contribution >= 0.6 is 0 Å². The zero-order valence-electron chi connectivity index (χ0n) is 12.9. The van der Waals surface area contributed by atoms with Gasteiger partial charge in [-0.15, -0.1) is 0 Å². The van der Waals surface area contributed by atoms with E-state index < -0.39 is 0 Å². The van der Waals surface area contributed by atoms with Gasteiger partial charge in [-0.3, -0.25) is 0 Å². The molecule has 2 aromatic rings. The van der Waals surface area contributed by atoms with E-state index in [1.54, 1.807) is 0 Å². The first-order chi connectivity index (χ1) is 10.3. The SMILES string of the molecule is CC/C=C\C=C/CN(c1ccccc1)c1ccc(C)cc1.